The Morgan fingerprint density at radius 2 is 1.89 bits per heavy atom. The van der Waals surface area contributed by atoms with Crippen LogP contribution in [0.4, 0.5) is 0 Å². The second-order valence-corrected chi connectivity index (χ2v) is 8.93. The van der Waals surface area contributed by atoms with E-state index in [1.54, 1.807) is 11.8 Å². The molecule has 3 rings (SSSR count). The van der Waals surface area contributed by atoms with Crippen molar-refractivity contribution in [3.8, 4) is 11.4 Å². The maximum Gasteiger partial charge on any atom is 0.302 e. The Kier molecular flexibility index (Phi) is 5.65. The van der Waals surface area contributed by atoms with E-state index in [1.165, 1.54) is 11.7 Å². The van der Waals surface area contributed by atoms with E-state index in [0.29, 0.717) is 18.0 Å². The lowest BCUT2D eigenvalue weighted by atomic mass is 9.85. The first-order chi connectivity index (χ1) is 13.1. The molecule has 0 unspecified atom stereocenters. The number of rotatable bonds is 5. The summed E-state index contributed by atoms with van der Waals surface area (Å²) in [5.41, 5.74) is 3.79. The van der Waals surface area contributed by atoms with Crippen molar-refractivity contribution < 1.29 is 14.6 Å². The van der Waals surface area contributed by atoms with Crippen LogP contribution < -0.4 is 0 Å². The van der Waals surface area contributed by atoms with Crippen LogP contribution in [0.3, 0.4) is 0 Å². The van der Waals surface area contributed by atoms with Crippen LogP contribution in [-0.4, -0.2) is 38.4 Å². The van der Waals surface area contributed by atoms with E-state index in [9.17, 15) is 9.90 Å². The van der Waals surface area contributed by atoms with Gasteiger partial charge in [0.15, 0.2) is 0 Å². The van der Waals surface area contributed by atoms with Gasteiger partial charge in [0.2, 0.25) is 0 Å². The number of phenolic OH excluding ortho intramolecular Hbond substituents is 1. The highest BCUT2D eigenvalue weighted by atomic mass is 32.2. The Labute approximate surface area is 168 Å². The van der Waals surface area contributed by atoms with Crippen molar-refractivity contribution in [3.63, 3.8) is 0 Å². The fourth-order valence-electron chi connectivity index (χ4n) is 2.92. The van der Waals surface area contributed by atoms with Crippen molar-refractivity contribution in [1.29, 1.82) is 0 Å². The molecule has 7 heteroatoms. The van der Waals surface area contributed by atoms with Crippen LogP contribution in [0.15, 0.2) is 35.2 Å². The lowest BCUT2D eigenvalue weighted by molar-refractivity contribution is -0.140. The molecule has 28 heavy (non-hydrogen) atoms. The number of esters is 1. The Hall–Kier alpha value is -2.54. The number of aromatic nitrogens is 3. The third-order valence-electron chi connectivity index (χ3n) is 4.27. The van der Waals surface area contributed by atoms with Crippen molar-refractivity contribution in [2.24, 2.45) is 0 Å². The Morgan fingerprint density at radius 1 is 1.18 bits per heavy atom. The summed E-state index contributed by atoms with van der Waals surface area (Å²) in [6.45, 7) is 9.98. The quantitative estimate of drug-likeness (QED) is 0.390. The van der Waals surface area contributed by atoms with Crippen LogP contribution in [0.2, 0.25) is 0 Å². The van der Waals surface area contributed by atoms with Crippen molar-refractivity contribution in [3.05, 3.63) is 41.5 Å². The average molecular weight is 400 g/mol. The van der Waals surface area contributed by atoms with E-state index in [-0.39, 0.29) is 17.1 Å². The smallest absolute Gasteiger partial charge is 0.302 e. The van der Waals surface area contributed by atoms with Gasteiger partial charge in [0, 0.05) is 23.1 Å². The number of aromatic hydroxyl groups is 1. The molecular formula is C21H25N3O3S. The van der Waals surface area contributed by atoms with E-state index in [4.69, 9.17) is 4.74 Å². The number of benzene rings is 2. The standard InChI is InChI=1S/C21H25N3O3S/c1-13-10-16(21(3,4)5)20(26)19(11-13)24-22-17-7-6-15(12-18(17)23-24)28-9-8-27-14(2)25/h6-7,10-12,26H,8-9H2,1-5H3. The van der Waals surface area contributed by atoms with E-state index in [1.807, 2.05) is 37.3 Å². The van der Waals surface area contributed by atoms with Gasteiger partial charge in [-0.05, 0) is 42.2 Å². The number of fused-ring (bicyclic) bond motifs is 1. The summed E-state index contributed by atoms with van der Waals surface area (Å²) in [4.78, 5) is 13.4. The number of carbonyl (C=O) groups is 1. The fourth-order valence-corrected chi connectivity index (χ4v) is 3.68. The molecular weight excluding hydrogens is 374 g/mol. The summed E-state index contributed by atoms with van der Waals surface area (Å²) in [6, 6.07) is 9.72. The molecule has 0 aliphatic carbocycles. The van der Waals surface area contributed by atoms with Crippen LogP contribution in [0.1, 0.15) is 38.8 Å². The van der Waals surface area contributed by atoms with Gasteiger partial charge in [-0.15, -0.1) is 26.8 Å². The van der Waals surface area contributed by atoms with Gasteiger partial charge in [0.25, 0.3) is 0 Å². The molecule has 0 fully saturated rings. The first kappa shape index (κ1) is 20.2. The third kappa shape index (κ3) is 4.47. The zero-order valence-electron chi connectivity index (χ0n) is 16.8. The number of ether oxygens (including phenoxy) is 1. The third-order valence-corrected chi connectivity index (χ3v) is 5.22. The maximum atomic E-state index is 10.8. The van der Waals surface area contributed by atoms with Gasteiger partial charge < -0.3 is 9.84 Å². The Morgan fingerprint density at radius 3 is 2.57 bits per heavy atom. The van der Waals surface area contributed by atoms with Gasteiger partial charge in [0.1, 0.15) is 29.1 Å². The molecule has 3 aromatic rings. The topological polar surface area (TPSA) is 77.2 Å². The van der Waals surface area contributed by atoms with Crippen LogP contribution in [0.25, 0.3) is 16.7 Å². The summed E-state index contributed by atoms with van der Waals surface area (Å²) in [5.74, 6) is 0.605. The highest BCUT2D eigenvalue weighted by Crippen LogP contribution is 2.36. The molecule has 0 saturated carbocycles. The second kappa shape index (κ2) is 7.83. The normalized spacial score (nSPS) is 11.8. The monoisotopic (exact) mass is 399 g/mol. The lowest BCUT2D eigenvalue weighted by Crippen LogP contribution is -2.13. The molecule has 0 atom stereocenters. The maximum absolute atomic E-state index is 10.8. The van der Waals surface area contributed by atoms with Gasteiger partial charge in [-0.2, -0.15) is 0 Å². The number of aryl methyl sites for hydroxylation is 1. The molecule has 148 valence electrons. The first-order valence-corrected chi connectivity index (χ1v) is 10.1. The number of hydrogen-bond donors (Lipinski definition) is 1. The molecule has 0 saturated heterocycles. The van der Waals surface area contributed by atoms with Gasteiger partial charge in [0.05, 0.1) is 0 Å². The highest BCUT2D eigenvalue weighted by molar-refractivity contribution is 7.99. The van der Waals surface area contributed by atoms with Gasteiger partial charge in [-0.1, -0.05) is 26.8 Å². The van der Waals surface area contributed by atoms with Crippen molar-refractivity contribution in [1.82, 2.24) is 15.0 Å². The van der Waals surface area contributed by atoms with E-state index >= 15 is 0 Å². The summed E-state index contributed by atoms with van der Waals surface area (Å²) in [5, 5.41) is 19.9. The lowest BCUT2D eigenvalue weighted by Gasteiger charge is -2.22. The predicted octanol–water partition coefficient (Wildman–Crippen LogP) is 4.39. The van der Waals surface area contributed by atoms with Crippen LogP contribution in [0.5, 0.6) is 5.75 Å². The molecule has 0 spiro atoms. The van der Waals surface area contributed by atoms with Gasteiger partial charge >= 0.3 is 5.97 Å². The van der Waals surface area contributed by atoms with Crippen LogP contribution in [0, 0.1) is 6.92 Å². The van der Waals surface area contributed by atoms with Gasteiger partial charge in [-0.25, -0.2) is 0 Å². The molecule has 0 aliphatic rings. The molecule has 0 bridgehead atoms. The summed E-state index contributed by atoms with van der Waals surface area (Å²) >= 11 is 1.59. The molecule has 1 aromatic heterocycles. The molecule has 0 amide bonds. The Balaban J connectivity index is 1.91. The van der Waals surface area contributed by atoms with Crippen LogP contribution >= 0.6 is 11.8 Å². The number of phenols is 1. The van der Waals surface area contributed by atoms with Crippen molar-refractivity contribution in [2.75, 3.05) is 12.4 Å². The molecule has 6 nitrogen and oxygen atoms in total. The van der Waals surface area contributed by atoms with Crippen LogP contribution in [-0.2, 0) is 14.9 Å². The number of carbonyl (C=O) groups excluding carboxylic acids is 1. The second-order valence-electron chi connectivity index (χ2n) is 7.76. The largest absolute Gasteiger partial charge is 0.505 e. The zero-order valence-corrected chi connectivity index (χ0v) is 17.6. The fraction of sp³-hybridized carbons (Fsp3) is 0.381. The minimum atomic E-state index is -0.272. The molecule has 2 aromatic carbocycles. The molecule has 1 heterocycles. The van der Waals surface area contributed by atoms with E-state index in [2.05, 4.69) is 31.0 Å². The minimum absolute atomic E-state index is 0.191. The number of nitrogens with zero attached hydrogens (tertiary/aromatic N) is 3. The summed E-state index contributed by atoms with van der Waals surface area (Å²) < 4.78 is 4.96. The number of thioether (sulfide) groups is 1. The molecule has 1 N–H and O–H groups in total. The SMILES string of the molecule is CC(=O)OCCSc1ccc2nn(-c3cc(C)cc(C(C)(C)C)c3O)nc2c1. The Bertz CT molecular complexity index is 1020. The molecule has 0 aliphatic heterocycles. The number of hydrogen-bond acceptors (Lipinski definition) is 6. The molecule has 0 radical (unpaired) electrons. The van der Waals surface area contributed by atoms with Gasteiger partial charge in [-0.3, -0.25) is 4.79 Å². The van der Waals surface area contributed by atoms with Crippen molar-refractivity contribution in [2.45, 2.75) is 44.9 Å². The van der Waals surface area contributed by atoms with E-state index in [0.717, 1.165) is 27.1 Å². The predicted molar refractivity (Wildman–Crippen MR) is 111 cm³/mol. The zero-order chi connectivity index (χ0) is 20.5. The highest BCUT2D eigenvalue weighted by Gasteiger charge is 2.22. The first-order valence-electron chi connectivity index (χ1n) is 9.13. The summed E-state index contributed by atoms with van der Waals surface area (Å²) in [6.07, 6.45) is 0. The average Bonchev–Trinajstić information content (AvgIpc) is 3.02. The van der Waals surface area contributed by atoms with Crippen molar-refractivity contribution >= 4 is 28.8 Å². The minimum Gasteiger partial charge on any atom is -0.505 e. The van der Waals surface area contributed by atoms with E-state index < -0.39 is 0 Å². The summed E-state index contributed by atoms with van der Waals surface area (Å²) in [7, 11) is 0.